The van der Waals surface area contributed by atoms with E-state index < -0.39 is 16.9 Å². The van der Waals surface area contributed by atoms with Gasteiger partial charge >= 0.3 is 6.08 Å². The summed E-state index contributed by atoms with van der Waals surface area (Å²) in [6, 6.07) is 8.29. The van der Waals surface area contributed by atoms with Crippen LogP contribution in [0.1, 0.15) is 0 Å². The summed E-state index contributed by atoms with van der Waals surface area (Å²) in [7, 11) is 0. The lowest BCUT2D eigenvalue weighted by molar-refractivity contribution is 0.391. The Labute approximate surface area is 84.2 Å². The molecule has 0 aromatic heterocycles. The van der Waals surface area contributed by atoms with E-state index in [1.807, 2.05) is 0 Å². The van der Waals surface area contributed by atoms with Gasteiger partial charge in [-0.1, -0.05) is 30.4 Å². The molecule has 0 heterocycles. The molecule has 0 bridgehead atoms. The second-order valence-corrected chi connectivity index (χ2v) is 2.80. The molecule has 0 aliphatic carbocycles. The van der Waals surface area contributed by atoms with Crippen LogP contribution in [0.25, 0.3) is 0 Å². The smallest absolute Gasteiger partial charge is 0.308 e. The van der Waals surface area contributed by atoms with Crippen LogP contribution in [-0.2, 0) is 0 Å². The highest BCUT2D eigenvalue weighted by atomic mass is 32.1. The molecule has 1 nitrogen and oxygen atoms in total. The largest absolute Gasteiger partial charge is 0.344 e. The lowest BCUT2D eigenvalue weighted by atomic mass is 10.3. The Kier molecular flexibility index (Phi) is 3.64. The molecular weight excluding hydrogens is 211 g/mol. The summed E-state index contributed by atoms with van der Waals surface area (Å²) in [4.78, 5) is -0.615. The number of benzene rings is 1. The fourth-order valence-corrected chi connectivity index (χ4v) is 0.988. The highest BCUT2D eigenvalue weighted by Gasteiger charge is 2.11. The van der Waals surface area contributed by atoms with Crippen molar-refractivity contribution in [2.45, 2.75) is 0 Å². The van der Waals surface area contributed by atoms with E-state index in [1.54, 1.807) is 30.3 Å². The van der Waals surface area contributed by atoms with Gasteiger partial charge in [-0.25, -0.2) is 0 Å². The Balaban J connectivity index is 2.72. The zero-order valence-corrected chi connectivity index (χ0v) is 7.75. The number of nitrogens with one attached hydrogen (secondary N) is 1. The lowest BCUT2D eigenvalue weighted by Crippen LogP contribution is -2.09. The zero-order valence-electron chi connectivity index (χ0n) is 6.93. The third-order valence-electron chi connectivity index (χ3n) is 1.40. The topological polar surface area (TPSA) is 12.0 Å². The van der Waals surface area contributed by atoms with E-state index in [2.05, 4.69) is 17.5 Å². The summed E-state index contributed by atoms with van der Waals surface area (Å²) < 4.78 is 36.0. The molecule has 0 amide bonds. The molecule has 0 spiro atoms. The molecule has 74 valence electrons. The Morgan fingerprint density at radius 3 is 2.14 bits per heavy atom. The maximum atomic E-state index is 12.5. The van der Waals surface area contributed by atoms with Gasteiger partial charge in [0, 0.05) is 5.69 Å². The van der Waals surface area contributed by atoms with Gasteiger partial charge in [0.1, 0.15) is 4.99 Å². The first-order valence-corrected chi connectivity index (χ1v) is 4.09. The van der Waals surface area contributed by atoms with Crippen molar-refractivity contribution in [3.05, 3.63) is 42.2 Å². The summed E-state index contributed by atoms with van der Waals surface area (Å²) in [5.41, 5.74) is 0.467. The van der Waals surface area contributed by atoms with Crippen LogP contribution >= 0.6 is 12.2 Å². The Bertz CT molecular complexity index is 358. The average molecular weight is 217 g/mol. The Hall–Kier alpha value is -1.36. The van der Waals surface area contributed by atoms with E-state index >= 15 is 0 Å². The number of thiocarbonyl (C=S) groups is 1. The van der Waals surface area contributed by atoms with E-state index in [9.17, 15) is 13.2 Å². The van der Waals surface area contributed by atoms with Crippen molar-refractivity contribution < 1.29 is 13.2 Å². The predicted octanol–water partition coefficient (Wildman–Crippen LogP) is 3.50. The molecular formula is C9H6F3NS. The van der Waals surface area contributed by atoms with Crippen LogP contribution in [-0.4, -0.2) is 4.99 Å². The van der Waals surface area contributed by atoms with Gasteiger partial charge in [-0.3, -0.25) is 0 Å². The molecule has 14 heavy (non-hydrogen) atoms. The van der Waals surface area contributed by atoms with Crippen LogP contribution in [0, 0.1) is 0 Å². The molecule has 0 radical (unpaired) electrons. The molecule has 0 unspecified atom stereocenters. The monoisotopic (exact) mass is 217 g/mol. The summed E-state index contributed by atoms with van der Waals surface area (Å²) in [5, 5.41) is 2.34. The molecule has 1 aromatic carbocycles. The minimum absolute atomic E-state index is 0.467. The standard InChI is InChI=1S/C9H6F3NS/c10-7(8(11)12)9(14)13-6-4-2-1-3-5-6/h1-5H,(H,13,14). The Morgan fingerprint density at radius 1 is 1.07 bits per heavy atom. The van der Waals surface area contributed by atoms with E-state index in [1.165, 1.54) is 0 Å². The van der Waals surface area contributed by atoms with Crippen molar-refractivity contribution >= 4 is 22.9 Å². The first-order valence-electron chi connectivity index (χ1n) is 3.68. The van der Waals surface area contributed by atoms with Crippen LogP contribution < -0.4 is 5.32 Å². The molecule has 0 saturated carbocycles. The lowest BCUT2D eigenvalue weighted by Gasteiger charge is -2.04. The average Bonchev–Trinajstić information content (AvgIpc) is 2.18. The van der Waals surface area contributed by atoms with E-state index in [-0.39, 0.29) is 0 Å². The van der Waals surface area contributed by atoms with Crippen molar-refractivity contribution in [3.8, 4) is 0 Å². The molecule has 1 aromatic rings. The fraction of sp³-hybridized carbons (Fsp3) is 0. The normalized spacial score (nSPS) is 9.36. The number of halogens is 3. The SMILES string of the molecule is FC(F)=C(F)C(=S)Nc1ccccc1. The van der Waals surface area contributed by atoms with Crippen molar-refractivity contribution in [3.63, 3.8) is 0 Å². The van der Waals surface area contributed by atoms with Crippen LogP contribution in [0.4, 0.5) is 18.9 Å². The van der Waals surface area contributed by atoms with Gasteiger partial charge in [-0.2, -0.15) is 13.2 Å². The van der Waals surface area contributed by atoms with Crippen molar-refractivity contribution in [2.24, 2.45) is 0 Å². The van der Waals surface area contributed by atoms with E-state index in [0.717, 1.165) is 0 Å². The molecule has 1 N–H and O–H groups in total. The van der Waals surface area contributed by atoms with Gasteiger partial charge in [-0.05, 0) is 12.1 Å². The summed E-state index contributed by atoms with van der Waals surface area (Å²) >= 11 is 4.41. The van der Waals surface area contributed by atoms with Crippen molar-refractivity contribution in [1.82, 2.24) is 0 Å². The first-order chi connectivity index (χ1) is 6.61. The number of anilines is 1. The number of hydrogen-bond acceptors (Lipinski definition) is 1. The second kappa shape index (κ2) is 4.76. The minimum atomic E-state index is -2.42. The van der Waals surface area contributed by atoms with E-state index in [4.69, 9.17) is 0 Å². The van der Waals surface area contributed by atoms with Gasteiger partial charge in [-0.15, -0.1) is 0 Å². The van der Waals surface area contributed by atoms with Gasteiger partial charge in [0.05, 0.1) is 0 Å². The van der Waals surface area contributed by atoms with Crippen LogP contribution in [0.3, 0.4) is 0 Å². The van der Waals surface area contributed by atoms with Crippen molar-refractivity contribution in [1.29, 1.82) is 0 Å². The van der Waals surface area contributed by atoms with Gasteiger partial charge in [0.2, 0.25) is 5.83 Å². The minimum Gasteiger partial charge on any atom is -0.344 e. The maximum absolute atomic E-state index is 12.5. The molecule has 0 aliphatic rings. The first kappa shape index (κ1) is 10.7. The molecule has 0 fully saturated rings. The molecule has 0 aliphatic heterocycles. The fourth-order valence-electron chi connectivity index (χ4n) is 0.793. The molecule has 1 rings (SSSR count). The van der Waals surface area contributed by atoms with E-state index in [0.29, 0.717) is 5.69 Å². The van der Waals surface area contributed by atoms with Crippen LogP contribution in [0.5, 0.6) is 0 Å². The van der Waals surface area contributed by atoms with Gasteiger partial charge in [0.15, 0.2) is 0 Å². The summed E-state index contributed by atoms with van der Waals surface area (Å²) in [6.45, 7) is 0. The quantitative estimate of drug-likeness (QED) is 0.601. The second-order valence-electron chi connectivity index (χ2n) is 2.39. The summed E-state index contributed by atoms with van der Waals surface area (Å²) in [6.07, 6.45) is -2.42. The van der Waals surface area contributed by atoms with Gasteiger partial charge in [0.25, 0.3) is 0 Å². The predicted molar refractivity (Wildman–Crippen MR) is 53.0 cm³/mol. The molecule has 0 saturated heterocycles. The number of hydrogen-bond donors (Lipinski definition) is 1. The third-order valence-corrected chi connectivity index (χ3v) is 1.68. The number of rotatable bonds is 2. The third kappa shape index (κ3) is 2.85. The van der Waals surface area contributed by atoms with Crippen LogP contribution in [0.15, 0.2) is 42.2 Å². The van der Waals surface area contributed by atoms with Crippen molar-refractivity contribution in [2.75, 3.05) is 5.32 Å². The van der Waals surface area contributed by atoms with Crippen LogP contribution in [0.2, 0.25) is 0 Å². The maximum Gasteiger partial charge on any atom is 0.308 e. The number of para-hydroxylation sites is 1. The highest BCUT2D eigenvalue weighted by molar-refractivity contribution is 7.81. The summed E-state index contributed by atoms with van der Waals surface area (Å²) in [5.74, 6) is -1.69. The highest BCUT2D eigenvalue weighted by Crippen LogP contribution is 2.14. The molecule has 0 atom stereocenters. The zero-order chi connectivity index (χ0) is 10.6. The molecule has 5 heteroatoms. The van der Waals surface area contributed by atoms with Gasteiger partial charge < -0.3 is 5.32 Å². The Morgan fingerprint density at radius 2 is 1.64 bits per heavy atom.